The number of hydrogen-bond acceptors (Lipinski definition) is 8. The van der Waals surface area contributed by atoms with Crippen LogP contribution in [0.3, 0.4) is 0 Å². The van der Waals surface area contributed by atoms with E-state index < -0.39 is 65.2 Å². The van der Waals surface area contributed by atoms with Crippen LogP contribution in [0.15, 0.2) is 66.7 Å². The van der Waals surface area contributed by atoms with Gasteiger partial charge >= 0.3 is 12.1 Å². The lowest BCUT2D eigenvalue weighted by molar-refractivity contribution is -0.149. The number of carbonyl (C=O) groups excluding carboxylic acids is 4. The van der Waals surface area contributed by atoms with Crippen molar-refractivity contribution in [3.8, 4) is 5.75 Å². The zero-order chi connectivity index (χ0) is 39.6. The van der Waals surface area contributed by atoms with E-state index in [4.69, 9.17) is 15.2 Å². The van der Waals surface area contributed by atoms with Gasteiger partial charge in [0.2, 0.25) is 17.7 Å². The van der Waals surface area contributed by atoms with E-state index in [0.717, 1.165) is 21.9 Å². The Bertz CT molecular complexity index is 1780. The third-order valence-electron chi connectivity index (χ3n) is 8.81. The van der Waals surface area contributed by atoms with Crippen LogP contribution < -0.4 is 26.4 Å². The molecule has 3 aromatic rings. The van der Waals surface area contributed by atoms with Gasteiger partial charge in [-0.2, -0.15) is 0 Å². The number of likely N-dealkylation sites (tertiary alicyclic amines) is 1. The molecule has 0 aromatic heterocycles. The Kier molecular flexibility index (Phi) is 14.0. The number of nitrogens with one attached hydrogen (secondary N) is 3. The van der Waals surface area contributed by atoms with Crippen molar-refractivity contribution in [1.29, 1.82) is 0 Å². The first-order valence-electron chi connectivity index (χ1n) is 18.5. The summed E-state index contributed by atoms with van der Waals surface area (Å²) in [4.78, 5) is 68.4. The van der Waals surface area contributed by atoms with Crippen molar-refractivity contribution in [2.75, 3.05) is 13.1 Å². The molecular weight excluding hydrogens is 690 g/mol. The van der Waals surface area contributed by atoms with Crippen LogP contribution in [0.25, 0.3) is 10.8 Å². The number of ether oxygens (including phenoxy) is 2. The molecule has 0 unspecified atom stereocenters. The first kappa shape index (κ1) is 41.6. The number of fused-ring (bicyclic) bond motifs is 1. The molecule has 0 spiro atoms. The summed E-state index contributed by atoms with van der Waals surface area (Å²) in [5, 5.41) is 20.1. The lowest BCUT2D eigenvalue weighted by atomic mass is 9.99. The molecule has 54 heavy (non-hydrogen) atoms. The molecular formula is C41H55N5O8. The zero-order valence-corrected chi connectivity index (χ0v) is 32.1. The van der Waals surface area contributed by atoms with Gasteiger partial charge in [0.05, 0.1) is 0 Å². The van der Waals surface area contributed by atoms with Crippen molar-refractivity contribution in [2.24, 2.45) is 5.73 Å². The Morgan fingerprint density at radius 1 is 0.796 bits per heavy atom. The van der Waals surface area contributed by atoms with Crippen molar-refractivity contribution in [2.45, 2.75) is 115 Å². The number of rotatable bonds is 15. The molecule has 292 valence electrons. The molecule has 0 saturated carbocycles. The van der Waals surface area contributed by atoms with Gasteiger partial charge in [0, 0.05) is 19.4 Å². The number of hydrogen-bond donors (Lipinski definition) is 5. The number of carboxylic acids is 1. The van der Waals surface area contributed by atoms with Crippen LogP contribution in [0, 0.1) is 0 Å². The topological polar surface area (TPSA) is 189 Å². The first-order chi connectivity index (χ1) is 25.4. The molecule has 1 fully saturated rings. The Labute approximate surface area is 317 Å². The number of alkyl carbamates (subject to hydrolysis) is 1. The molecule has 13 heteroatoms. The summed E-state index contributed by atoms with van der Waals surface area (Å²) in [5.74, 6) is -2.27. The van der Waals surface area contributed by atoms with E-state index in [0.29, 0.717) is 25.0 Å². The smallest absolute Gasteiger partial charge is 0.408 e. The standard InChI is InChI=1S/C41H55N5O8/c1-40(2,3)53-30-19-16-26(17-20-30)24-32(45-39(52)54-41(4,5)6)36(48)43-31(13-9-21-42)35(47)44-33(37(49)46-22-10-14-34(46)38(50)51)25-27-15-18-28-11-7-8-12-29(28)23-27/h7-8,11-12,15-20,23,31-34H,9-10,13-14,21-22,24-25,42H2,1-6H3,(H,43,48)(H,44,47)(H,45,52)(H,50,51)/t31-,32+,33+,34-/m1/s1. The highest BCUT2D eigenvalue weighted by atomic mass is 16.6. The predicted molar refractivity (Wildman–Crippen MR) is 206 cm³/mol. The number of benzene rings is 3. The monoisotopic (exact) mass is 745 g/mol. The van der Waals surface area contributed by atoms with Crippen LogP contribution in [-0.4, -0.2) is 88.2 Å². The van der Waals surface area contributed by atoms with Gasteiger partial charge < -0.3 is 41.2 Å². The summed E-state index contributed by atoms with van der Waals surface area (Å²) in [6.45, 7) is 11.4. The molecule has 4 atom stereocenters. The average Bonchev–Trinajstić information content (AvgIpc) is 3.59. The highest BCUT2D eigenvalue weighted by Crippen LogP contribution is 2.23. The molecule has 1 heterocycles. The third-order valence-corrected chi connectivity index (χ3v) is 8.81. The van der Waals surface area contributed by atoms with Crippen LogP contribution >= 0.6 is 0 Å². The van der Waals surface area contributed by atoms with Gasteiger partial charge in [0.15, 0.2) is 0 Å². The minimum absolute atomic E-state index is 0.0702. The van der Waals surface area contributed by atoms with Gasteiger partial charge in [-0.25, -0.2) is 9.59 Å². The lowest BCUT2D eigenvalue weighted by Crippen LogP contribution is -2.58. The van der Waals surface area contributed by atoms with E-state index in [1.165, 1.54) is 4.90 Å². The quantitative estimate of drug-likeness (QED) is 0.149. The summed E-state index contributed by atoms with van der Waals surface area (Å²) >= 11 is 0. The Morgan fingerprint density at radius 2 is 1.41 bits per heavy atom. The van der Waals surface area contributed by atoms with Crippen molar-refractivity contribution >= 4 is 40.6 Å². The Hall–Kier alpha value is -5.17. The maximum atomic E-state index is 14.1. The van der Waals surface area contributed by atoms with E-state index in [1.807, 2.05) is 63.2 Å². The molecule has 0 aliphatic carbocycles. The minimum atomic E-state index is -1.14. The molecule has 0 radical (unpaired) electrons. The van der Waals surface area contributed by atoms with Crippen molar-refractivity contribution in [3.05, 3.63) is 77.9 Å². The highest BCUT2D eigenvalue weighted by Gasteiger charge is 2.39. The molecule has 13 nitrogen and oxygen atoms in total. The van der Waals surface area contributed by atoms with E-state index in [1.54, 1.807) is 45.0 Å². The second kappa shape index (κ2) is 18.2. The molecule has 1 aliphatic heterocycles. The van der Waals surface area contributed by atoms with E-state index in [9.17, 15) is 29.1 Å². The number of aliphatic carboxylic acids is 1. The molecule has 4 amide bonds. The number of nitrogens with two attached hydrogens (primary N) is 1. The normalized spacial score (nSPS) is 16.2. The molecule has 6 N–H and O–H groups in total. The Morgan fingerprint density at radius 3 is 2.04 bits per heavy atom. The van der Waals surface area contributed by atoms with Crippen molar-refractivity contribution < 1.29 is 38.6 Å². The third kappa shape index (κ3) is 12.5. The maximum absolute atomic E-state index is 14.1. The Balaban J connectivity index is 1.59. The SMILES string of the molecule is CC(C)(C)OC(=O)N[C@@H](Cc1ccc(OC(C)(C)C)cc1)C(=O)N[C@H](CCCN)C(=O)N[C@@H](Cc1ccc2ccccc2c1)C(=O)N1CCC[C@@H]1C(=O)O. The van der Waals surface area contributed by atoms with E-state index >= 15 is 0 Å². The number of carboxylic acid groups (broad SMARTS) is 1. The number of nitrogens with zero attached hydrogens (tertiary/aromatic N) is 1. The van der Waals surface area contributed by atoms with Crippen molar-refractivity contribution in [3.63, 3.8) is 0 Å². The minimum Gasteiger partial charge on any atom is -0.488 e. The summed E-state index contributed by atoms with van der Waals surface area (Å²) in [7, 11) is 0. The second-order valence-corrected chi connectivity index (χ2v) is 15.7. The fourth-order valence-corrected chi connectivity index (χ4v) is 6.37. The highest BCUT2D eigenvalue weighted by molar-refractivity contribution is 5.95. The maximum Gasteiger partial charge on any atom is 0.408 e. The van der Waals surface area contributed by atoms with Crippen LogP contribution in [0.4, 0.5) is 4.79 Å². The predicted octanol–water partition coefficient (Wildman–Crippen LogP) is 4.48. The van der Waals surface area contributed by atoms with Gasteiger partial charge in [0.25, 0.3) is 0 Å². The summed E-state index contributed by atoms with van der Waals surface area (Å²) < 4.78 is 11.4. The fraction of sp³-hybridized carbons (Fsp3) is 0.488. The van der Waals surface area contributed by atoms with Gasteiger partial charge in [-0.05, 0) is 108 Å². The molecule has 0 bridgehead atoms. The van der Waals surface area contributed by atoms with Crippen LogP contribution in [0.5, 0.6) is 5.75 Å². The van der Waals surface area contributed by atoms with E-state index in [2.05, 4.69) is 16.0 Å². The molecule has 3 aromatic carbocycles. The van der Waals surface area contributed by atoms with Crippen LogP contribution in [0.2, 0.25) is 0 Å². The van der Waals surface area contributed by atoms with Gasteiger partial charge in [-0.15, -0.1) is 0 Å². The summed E-state index contributed by atoms with van der Waals surface area (Å²) in [6, 6.07) is 16.2. The molecule has 4 rings (SSSR count). The van der Waals surface area contributed by atoms with Crippen LogP contribution in [-0.2, 0) is 36.8 Å². The van der Waals surface area contributed by atoms with Crippen molar-refractivity contribution in [1.82, 2.24) is 20.9 Å². The first-order valence-corrected chi connectivity index (χ1v) is 18.5. The molecule has 1 aliphatic rings. The second-order valence-electron chi connectivity index (χ2n) is 15.7. The van der Waals surface area contributed by atoms with E-state index in [-0.39, 0.29) is 32.4 Å². The number of carbonyl (C=O) groups is 5. The fourth-order valence-electron chi connectivity index (χ4n) is 6.37. The number of amides is 4. The largest absolute Gasteiger partial charge is 0.488 e. The lowest BCUT2D eigenvalue weighted by Gasteiger charge is -2.29. The van der Waals surface area contributed by atoms with Gasteiger partial charge in [-0.3, -0.25) is 14.4 Å². The molecule has 1 saturated heterocycles. The van der Waals surface area contributed by atoms with Gasteiger partial charge in [0.1, 0.15) is 41.1 Å². The zero-order valence-electron chi connectivity index (χ0n) is 32.1. The van der Waals surface area contributed by atoms with Crippen LogP contribution in [0.1, 0.15) is 78.4 Å². The van der Waals surface area contributed by atoms with Gasteiger partial charge in [-0.1, -0.05) is 54.6 Å². The average molecular weight is 746 g/mol. The summed E-state index contributed by atoms with van der Waals surface area (Å²) in [6.07, 6.45) is 0.698. The summed E-state index contributed by atoms with van der Waals surface area (Å²) in [5.41, 5.74) is 6.07.